The first-order chi connectivity index (χ1) is 7.70. The minimum atomic E-state index is 0.604. The van der Waals surface area contributed by atoms with Gasteiger partial charge in [-0.05, 0) is 43.3 Å². The number of aromatic nitrogens is 2. The molecule has 1 aromatic heterocycles. The highest BCUT2D eigenvalue weighted by Crippen LogP contribution is 2.39. The third-order valence-electron chi connectivity index (χ3n) is 3.34. The molecule has 1 aliphatic carbocycles. The monoisotopic (exact) mass is 257 g/mol. The van der Waals surface area contributed by atoms with Crippen LogP contribution in [0.2, 0.25) is 0 Å². The van der Waals surface area contributed by atoms with Gasteiger partial charge in [0.2, 0.25) is 0 Å². The minimum Gasteiger partial charge on any atom is -0.316 e. The normalized spacial score (nSPS) is 35.2. The smallest absolute Gasteiger partial charge is 0.170 e. The molecule has 5 heteroatoms. The maximum Gasteiger partial charge on any atom is 0.170 e. The Balaban J connectivity index is 2.05. The van der Waals surface area contributed by atoms with Crippen LogP contribution < -0.4 is 5.32 Å². The van der Waals surface area contributed by atoms with Gasteiger partial charge in [0, 0.05) is 11.3 Å². The van der Waals surface area contributed by atoms with Crippen molar-refractivity contribution >= 4 is 23.3 Å². The van der Waals surface area contributed by atoms with E-state index in [1.54, 1.807) is 6.33 Å². The summed E-state index contributed by atoms with van der Waals surface area (Å²) in [5.74, 6) is 1.58. The summed E-state index contributed by atoms with van der Waals surface area (Å²) in [6, 6.07) is 0.604. The number of nitrogens with one attached hydrogen (secondary N) is 1. The average molecular weight is 257 g/mol. The number of rotatable bonds is 3. The van der Waals surface area contributed by atoms with Crippen LogP contribution in [0, 0.1) is 11.8 Å². The summed E-state index contributed by atoms with van der Waals surface area (Å²) in [6.45, 7) is 4.71. The van der Waals surface area contributed by atoms with E-state index in [1.807, 2.05) is 11.8 Å². The molecule has 3 nitrogen and oxygen atoms in total. The first kappa shape index (κ1) is 12.3. The van der Waals surface area contributed by atoms with E-state index in [2.05, 4.69) is 35.6 Å². The Kier molecular flexibility index (Phi) is 4.21. The van der Waals surface area contributed by atoms with Crippen LogP contribution in [0.1, 0.15) is 26.7 Å². The number of nitrogens with zero attached hydrogens (tertiary/aromatic N) is 2. The zero-order valence-corrected chi connectivity index (χ0v) is 11.6. The van der Waals surface area contributed by atoms with Crippen LogP contribution in [0.4, 0.5) is 0 Å². The number of thioether (sulfide) groups is 1. The third kappa shape index (κ3) is 2.76. The Labute approximate surface area is 106 Å². The van der Waals surface area contributed by atoms with E-state index in [0.29, 0.717) is 11.3 Å². The van der Waals surface area contributed by atoms with Crippen molar-refractivity contribution < 1.29 is 0 Å². The van der Waals surface area contributed by atoms with E-state index in [4.69, 9.17) is 0 Å². The predicted molar refractivity (Wildman–Crippen MR) is 70.0 cm³/mol. The van der Waals surface area contributed by atoms with Crippen LogP contribution in [0.3, 0.4) is 0 Å². The van der Waals surface area contributed by atoms with Crippen LogP contribution in [0.5, 0.6) is 0 Å². The molecule has 4 unspecified atom stereocenters. The molecule has 1 aromatic rings. The van der Waals surface area contributed by atoms with E-state index in [0.717, 1.165) is 16.2 Å². The van der Waals surface area contributed by atoms with Crippen LogP contribution in [0.25, 0.3) is 0 Å². The Bertz CT molecular complexity index is 315. The molecular weight excluding hydrogens is 238 g/mol. The fourth-order valence-electron chi connectivity index (χ4n) is 2.64. The Hall–Kier alpha value is -0.130. The van der Waals surface area contributed by atoms with E-state index in [9.17, 15) is 0 Å². The summed E-state index contributed by atoms with van der Waals surface area (Å²) in [5, 5.41) is 4.10. The van der Waals surface area contributed by atoms with Crippen molar-refractivity contribution in [1.29, 1.82) is 0 Å². The molecule has 1 aliphatic rings. The lowest BCUT2D eigenvalue weighted by Crippen LogP contribution is -2.44. The second-order valence-electron chi connectivity index (χ2n) is 4.74. The highest BCUT2D eigenvalue weighted by atomic mass is 32.2. The molecule has 1 fully saturated rings. The van der Waals surface area contributed by atoms with Crippen molar-refractivity contribution in [1.82, 2.24) is 14.7 Å². The topological polar surface area (TPSA) is 37.8 Å². The predicted octanol–water partition coefficient (Wildman–Crippen LogP) is 2.65. The quantitative estimate of drug-likeness (QED) is 0.903. The zero-order chi connectivity index (χ0) is 11.5. The number of hydrogen-bond acceptors (Lipinski definition) is 5. The van der Waals surface area contributed by atoms with Gasteiger partial charge in [0.1, 0.15) is 6.33 Å². The summed E-state index contributed by atoms with van der Waals surface area (Å²) in [7, 11) is 2.07. The molecule has 90 valence electrons. The zero-order valence-electron chi connectivity index (χ0n) is 10.0. The first-order valence-corrected chi connectivity index (χ1v) is 7.46. The van der Waals surface area contributed by atoms with Crippen LogP contribution in [0.15, 0.2) is 10.7 Å². The van der Waals surface area contributed by atoms with E-state index >= 15 is 0 Å². The molecule has 1 heterocycles. The largest absolute Gasteiger partial charge is 0.316 e. The van der Waals surface area contributed by atoms with Gasteiger partial charge in [-0.15, -0.1) is 0 Å². The minimum absolute atomic E-state index is 0.604. The van der Waals surface area contributed by atoms with Gasteiger partial charge in [0.05, 0.1) is 0 Å². The highest BCUT2D eigenvalue weighted by Gasteiger charge is 2.34. The summed E-state index contributed by atoms with van der Waals surface area (Å²) >= 11 is 3.40. The SMILES string of the molecule is CNC1CC(C)CC(C)C1Sc1ncns1. The van der Waals surface area contributed by atoms with Crippen LogP contribution in [-0.2, 0) is 0 Å². The Morgan fingerprint density at radius 1 is 1.44 bits per heavy atom. The molecule has 0 amide bonds. The Morgan fingerprint density at radius 2 is 2.25 bits per heavy atom. The summed E-state index contributed by atoms with van der Waals surface area (Å²) in [5.41, 5.74) is 0. The molecule has 0 aliphatic heterocycles. The lowest BCUT2D eigenvalue weighted by Gasteiger charge is -2.38. The van der Waals surface area contributed by atoms with Crippen LogP contribution >= 0.6 is 23.3 Å². The fraction of sp³-hybridized carbons (Fsp3) is 0.818. The molecule has 16 heavy (non-hydrogen) atoms. The summed E-state index contributed by atoms with van der Waals surface area (Å²) in [4.78, 5) is 4.28. The highest BCUT2D eigenvalue weighted by molar-refractivity contribution is 8.01. The van der Waals surface area contributed by atoms with Gasteiger partial charge in [-0.2, -0.15) is 4.37 Å². The molecule has 4 atom stereocenters. The standard InChI is InChI=1S/C11H19N3S2/c1-7-4-8(2)10(9(5-7)12-3)15-11-13-6-14-16-11/h6-10,12H,4-5H2,1-3H3. The van der Waals surface area contributed by atoms with Crippen molar-refractivity contribution in [3.8, 4) is 0 Å². The second-order valence-corrected chi connectivity index (χ2v) is 6.94. The molecular formula is C11H19N3S2. The van der Waals surface area contributed by atoms with E-state index in [1.165, 1.54) is 24.4 Å². The lowest BCUT2D eigenvalue weighted by molar-refractivity contribution is 0.257. The van der Waals surface area contributed by atoms with Gasteiger partial charge in [0.15, 0.2) is 4.34 Å². The van der Waals surface area contributed by atoms with E-state index in [-0.39, 0.29) is 0 Å². The molecule has 0 spiro atoms. The van der Waals surface area contributed by atoms with Crippen molar-refractivity contribution in [3.63, 3.8) is 0 Å². The number of hydrogen-bond donors (Lipinski definition) is 1. The van der Waals surface area contributed by atoms with Gasteiger partial charge in [0.25, 0.3) is 0 Å². The third-order valence-corrected chi connectivity index (χ3v) is 5.68. The van der Waals surface area contributed by atoms with Gasteiger partial charge in [-0.25, -0.2) is 4.98 Å². The lowest BCUT2D eigenvalue weighted by atomic mass is 9.80. The molecule has 0 bridgehead atoms. The van der Waals surface area contributed by atoms with Gasteiger partial charge in [-0.1, -0.05) is 25.6 Å². The van der Waals surface area contributed by atoms with Crippen molar-refractivity contribution in [2.45, 2.75) is 42.3 Å². The molecule has 1 N–H and O–H groups in total. The molecule has 0 aromatic carbocycles. The molecule has 1 saturated carbocycles. The fourth-order valence-corrected chi connectivity index (χ4v) is 4.65. The van der Waals surface area contributed by atoms with E-state index < -0.39 is 0 Å². The first-order valence-electron chi connectivity index (χ1n) is 5.81. The average Bonchev–Trinajstić information content (AvgIpc) is 2.74. The summed E-state index contributed by atoms with van der Waals surface area (Å²) in [6.07, 6.45) is 4.25. The molecule has 2 rings (SSSR count). The summed E-state index contributed by atoms with van der Waals surface area (Å²) < 4.78 is 5.17. The van der Waals surface area contributed by atoms with Crippen molar-refractivity contribution in [3.05, 3.63) is 6.33 Å². The van der Waals surface area contributed by atoms with Gasteiger partial charge >= 0.3 is 0 Å². The van der Waals surface area contributed by atoms with Crippen molar-refractivity contribution in [2.75, 3.05) is 7.05 Å². The second kappa shape index (κ2) is 5.47. The van der Waals surface area contributed by atoms with Gasteiger partial charge < -0.3 is 5.32 Å². The van der Waals surface area contributed by atoms with Crippen LogP contribution in [-0.4, -0.2) is 27.7 Å². The Morgan fingerprint density at radius 3 is 2.88 bits per heavy atom. The maximum absolute atomic E-state index is 4.28. The maximum atomic E-state index is 4.28. The van der Waals surface area contributed by atoms with Gasteiger partial charge in [-0.3, -0.25) is 0 Å². The van der Waals surface area contributed by atoms with Crippen molar-refractivity contribution in [2.24, 2.45) is 11.8 Å². The molecule has 0 saturated heterocycles. The molecule has 0 radical (unpaired) electrons.